The van der Waals surface area contributed by atoms with Crippen LogP contribution < -0.4 is 5.73 Å². The van der Waals surface area contributed by atoms with Crippen molar-refractivity contribution in [3.05, 3.63) is 57.8 Å². The van der Waals surface area contributed by atoms with Gasteiger partial charge < -0.3 is 5.73 Å². The molecule has 1 unspecified atom stereocenters. The van der Waals surface area contributed by atoms with Crippen LogP contribution in [-0.4, -0.2) is 0 Å². The molecule has 0 bridgehead atoms. The van der Waals surface area contributed by atoms with Crippen molar-refractivity contribution in [3.63, 3.8) is 0 Å². The summed E-state index contributed by atoms with van der Waals surface area (Å²) in [6.45, 7) is 2.21. The van der Waals surface area contributed by atoms with Gasteiger partial charge in [-0.15, -0.1) is 11.3 Å². The lowest BCUT2D eigenvalue weighted by molar-refractivity contribution is 0.613. The molecule has 1 atom stereocenters. The molecule has 1 aromatic heterocycles. The molecule has 2 rings (SSSR count). The van der Waals surface area contributed by atoms with Gasteiger partial charge in [-0.1, -0.05) is 43.7 Å². The van der Waals surface area contributed by atoms with Crippen LogP contribution in [0.1, 0.15) is 48.2 Å². The quantitative estimate of drug-likeness (QED) is 0.776. The molecule has 0 amide bonds. The summed E-state index contributed by atoms with van der Waals surface area (Å²) in [7, 11) is 0. The smallest absolute Gasteiger partial charge is 0.0294 e. The topological polar surface area (TPSA) is 26.0 Å². The summed E-state index contributed by atoms with van der Waals surface area (Å²) in [5.41, 5.74) is 8.95. The first-order valence-electron chi connectivity index (χ1n) is 7.16. The Hall–Kier alpha value is -1.12. The third-order valence-electron chi connectivity index (χ3n) is 3.46. The number of benzene rings is 1. The van der Waals surface area contributed by atoms with Crippen molar-refractivity contribution < 1.29 is 0 Å². The molecule has 2 N–H and O–H groups in total. The van der Waals surface area contributed by atoms with Gasteiger partial charge in [-0.3, -0.25) is 0 Å². The van der Waals surface area contributed by atoms with Crippen LogP contribution in [0, 0.1) is 0 Å². The molecule has 0 radical (unpaired) electrons. The van der Waals surface area contributed by atoms with Crippen molar-refractivity contribution in [2.45, 2.75) is 45.1 Å². The normalized spacial score (nSPS) is 12.5. The second kappa shape index (κ2) is 7.46. The molecule has 0 saturated heterocycles. The van der Waals surface area contributed by atoms with Gasteiger partial charge in [0.25, 0.3) is 0 Å². The van der Waals surface area contributed by atoms with Crippen molar-refractivity contribution in [3.8, 4) is 0 Å². The summed E-state index contributed by atoms with van der Waals surface area (Å²) >= 11 is 1.84. The van der Waals surface area contributed by atoms with E-state index < -0.39 is 0 Å². The summed E-state index contributed by atoms with van der Waals surface area (Å²) in [5.74, 6) is 0. The van der Waals surface area contributed by atoms with E-state index in [0.717, 1.165) is 19.3 Å². The number of hydrogen-bond donors (Lipinski definition) is 1. The van der Waals surface area contributed by atoms with Gasteiger partial charge in [0.05, 0.1) is 0 Å². The molecule has 102 valence electrons. The molecule has 1 heterocycles. The van der Waals surface area contributed by atoms with Gasteiger partial charge in [-0.25, -0.2) is 0 Å². The van der Waals surface area contributed by atoms with Gasteiger partial charge in [0, 0.05) is 10.9 Å². The number of hydrogen-bond acceptors (Lipinski definition) is 2. The number of rotatable bonds is 7. The van der Waals surface area contributed by atoms with Crippen LogP contribution in [0.2, 0.25) is 0 Å². The first kappa shape index (κ1) is 14.3. The second-order valence-electron chi connectivity index (χ2n) is 5.07. The third-order valence-corrected chi connectivity index (χ3v) is 4.40. The summed E-state index contributed by atoms with van der Waals surface area (Å²) in [5, 5.41) is 2.14. The van der Waals surface area contributed by atoms with Gasteiger partial charge in [0.2, 0.25) is 0 Å². The summed E-state index contributed by atoms with van der Waals surface area (Å²) in [4.78, 5) is 1.46. The molecule has 0 aliphatic rings. The molecule has 0 aliphatic heterocycles. The van der Waals surface area contributed by atoms with Crippen LogP contribution in [0.3, 0.4) is 0 Å². The highest BCUT2D eigenvalue weighted by molar-refractivity contribution is 7.09. The number of nitrogens with two attached hydrogens (primary N) is 1. The Morgan fingerprint density at radius 1 is 1.11 bits per heavy atom. The second-order valence-corrected chi connectivity index (χ2v) is 6.10. The average Bonchev–Trinajstić information content (AvgIpc) is 2.93. The van der Waals surface area contributed by atoms with E-state index in [1.54, 1.807) is 0 Å². The SMILES string of the molecule is CCCc1ccc(C(N)CCCc2cccs2)cc1. The highest BCUT2D eigenvalue weighted by Gasteiger charge is 2.06. The first-order chi connectivity index (χ1) is 9.29. The van der Waals surface area contributed by atoms with E-state index in [1.165, 1.54) is 28.8 Å². The molecule has 2 heteroatoms. The molecule has 0 fully saturated rings. The maximum Gasteiger partial charge on any atom is 0.0294 e. The van der Waals surface area contributed by atoms with Crippen molar-refractivity contribution in [2.75, 3.05) is 0 Å². The van der Waals surface area contributed by atoms with Crippen LogP contribution in [0.5, 0.6) is 0 Å². The Bertz CT molecular complexity index is 459. The molecular weight excluding hydrogens is 250 g/mol. The highest BCUT2D eigenvalue weighted by atomic mass is 32.1. The van der Waals surface area contributed by atoms with Gasteiger partial charge in [-0.2, -0.15) is 0 Å². The van der Waals surface area contributed by atoms with Crippen LogP contribution in [-0.2, 0) is 12.8 Å². The third kappa shape index (κ3) is 4.48. The van der Waals surface area contributed by atoms with Crippen molar-refractivity contribution >= 4 is 11.3 Å². The largest absolute Gasteiger partial charge is 0.324 e. The molecule has 2 aromatic rings. The van der Waals surface area contributed by atoms with Gasteiger partial charge >= 0.3 is 0 Å². The van der Waals surface area contributed by atoms with Crippen molar-refractivity contribution in [1.29, 1.82) is 0 Å². The number of thiophene rings is 1. The summed E-state index contributed by atoms with van der Waals surface area (Å²) in [6, 6.07) is 13.3. The van der Waals surface area contributed by atoms with Gasteiger partial charge in [0.1, 0.15) is 0 Å². The van der Waals surface area contributed by atoms with Crippen LogP contribution in [0.25, 0.3) is 0 Å². The zero-order valence-corrected chi connectivity index (χ0v) is 12.5. The molecular formula is C17H23NS. The Balaban J connectivity index is 1.80. The Morgan fingerprint density at radius 2 is 1.89 bits per heavy atom. The minimum Gasteiger partial charge on any atom is -0.324 e. The van der Waals surface area contributed by atoms with Crippen molar-refractivity contribution in [2.24, 2.45) is 5.73 Å². The molecule has 0 spiro atoms. The standard InChI is InChI=1S/C17H23NS/c1-2-5-14-9-11-15(12-10-14)17(18)8-3-6-16-7-4-13-19-16/h4,7,9-13,17H,2-3,5-6,8,18H2,1H3. The van der Waals surface area contributed by atoms with E-state index in [9.17, 15) is 0 Å². The first-order valence-corrected chi connectivity index (χ1v) is 8.04. The molecule has 1 aromatic carbocycles. The lowest BCUT2D eigenvalue weighted by atomic mass is 9.99. The fourth-order valence-electron chi connectivity index (χ4n) is 2.34. The fourth-order valence-corrected chi connectivity index (χ4v) is 3.09. The monoisotopic (exact) mass is 273 g/mol. The van der Waals surface area contributed by atoms with E-state index >= 15 is 0 Å². The highest BCUT2D eigenvalue weighted by Crippen LogP contribution is 2.19. The maximum atomic E-state index is 6.26. The van der Waals surface area contributed by atoms with E-state index in [4.69, 9.17) is 5.73 Å². The van der Waals surface area contributed by atoms with Crippen LogP contribution >= 0.6 is 11.3 Å². The molecule has 19 heavy (non-hydrogen) atoms. The van der Waals surface area contributed by atoms with E-state index in [-0.39, 0.29) is 6.04 Å². The molecule has 1 nitrogen and oxygen atoms in total. The summed E-state index contributed by atoms with van der Waals surface area (Å²) < 4.78 is 0. The molecule has 0 aliphatic carbocycles. The zero-order valence-electron chi connectivity index (χ0n) is 11.6. The van der Waals surface area contributed by atoms with E-state index in [1.807, 2.05) is 11.3 Å². The van der Waals surface area contributed by atoms with E-state index in [0.29, 0.717) is 0 Å². The molecule has 0 saturated carbocycles. The Kier molecular flexibility index (Phi) is 5.62. The minimum absolute atomic E-state index is 0.177. The predicted molar refractivity (Wildman–Crippen MR) is 84.6 cm³/mol. The fraction of sp³-hybridized carbons (Fsp3) is 0.412. The van der Waals surface area contributed by atoms with Crippen LogP contribution in [0.15, 0.2) is 41.8 Å². The van der Waals surface area contributed by atoms with Crippen LogP contribution in [0.4, 0.5) is 0 Å². The average molecular weight is 273 g/mol. The maximum absolute atomic E-state index is 6.26. The number of aryl methyl sites for hydroxylation is 2. The zero-order chi connectivity index (χ0) is 13.5. The summed E-state index contributed by atoms with van der Waals surface area (Å²) in [6.07, 6.45) is 5.74. The van der Waals surface area contributed by atoms with Gasteiger partial charge in [0.15, 0.2) is 0 Å². The van der Waals surface area contributed by atoms with Crippen molar-refractivity contribution in [1.82, 2.24) is 0 Å². The lowest BCUT2D eigenvalue weighted by Crippen LogP contribution is -2.10. The Morgan fingerprint density at radius 3 is 2.53 bits per heavy atom. The minimum atomic E-state index is 0.177. The predicted octanol–water partition coefficient (Wildman–Crippen LogP) is 4.72. The van der Waals surface area contributed by atoms with E-state index in [2.05, 4.69) is 48.7 Å². The Labute approximate surface area is 120 Å². The van der Waals surface area contributed by atoms with Gasteiger partial charge in [-0.05, 0) is 48.3 Å². The lowest BCUT2D eigenvalue weighted by Gasteiger charge is -2.12.